The predicted molar refractivity (Wildman–Crippen MR) is 156 cm³/mol. The standard InChI is InChI=1S/C30H51F2N7O2/c31-21-6-11-30(9-2-1-3-10-30)15-23(36-16-21)26(28(33)34)29(41)37-24-18-35-17-22(32)27(24)38-13-7-20(8-14-38)19-39-12-4-5-25(39)40/h16,20-24,26-28,35H,1-15,17-19,33-34H2,(H,37,41)/b36-16-. The first-order valence-corrected chi connectivity index (χ1v) is 16.1. The Morgan fingerprint density at radius 2 is 1.83 bits per heavy atom. The lowest BCUT2D eigenvalue weighted by Crippen LogP contribution is -2.67. The van der Waals surface area contributed by atoms with E-state index in [2.05, 4.69) is 20.5 Å². The third-order valence-corrected chi connectivity index (χ3v) is 10.6. The van der Waals surface area contributed by atoms with Crippen molar-refractivity contribution in [1.82, 2.24) is 20.4 Å². The number of halogens is 2. The number of piperidine rings is 2. The summed E-state index contributed by atoms with van der Waals surface area (Å²) in [7, 11) is 0. The van der Waals surface area contributed by atoms with Crippen molar-refractivity contribution in [3.8, 4) is 0 Å². The van der Waals surface area contributed by atoms with Crippen molar-refractivity contribution in [2.45, 2.75) is 114 Å². The zero-order valence-corrected chi connectivity index (χ0v) is 24.5. The van der Waals surface area contributed by atoms with E-state index in [1.807, 2.05) is 4.90 Å². The summed E-state index contributed by atoms with van der Waals surface area (Å²) in [6.45, 7) is 3.80. The van der Waals surface area contributed by atoms with E-state index in [0.29, 0.717) is 31.7 Å². The Bertz CT molecular complexity index is 923. The molecule has 0 bridgehead atoms. The Labute approximate surface area is 243 Å². The molecule has 0 aromatic carbocycles. The number of nitrogens with one attached hydrogen (secondary N) is 2. The topological polar surface area (TPSA) is 129 Å². The Balaban J connectivity index is 1.25. The van der Waals surface area contributed by atoms with Gasteiger partial charge in [0, 0.05) is 38.8 Å². The van der Waals surface area contributed by atoms with Gasteiger partial charge < -0.3 is 27.0 Å². The van der Waals surface area contributed by atoms with Crippen molar-refractivity contribution >= 4 is 18.0 Å². The maximum atomic E-state index is 15.5. The molecule has 41 heavy (non-hydrogen) atoms. The molecule has 4 fully saturated rings. The molecular weight excluding hydrogens is 528 g/mol. The van der Waals surface area contributed by atoms with Gasteiger partial charge in [0.2, 0.25) is 11.8 Å². The molecule has 1 saturated carbocycles. The highest BCUT2D eigenvalue weighted by Gasteiger charge is 2.44. The first-order chi connectivity index (χ1) is 19.7. The highest BCUT2D eigenvalue weighted by Crippen LogP contribution is 2.46. The van der Waals surface area contributed by atoms with Crippen LogP contribution in [0.3, 0.4) is 0 Å². The molecule has 4 aliphatic heterocycles. The average molecular weight is 580 g/mol. The van der Waals surface area contributed by atoms with Crippen LogP contribution < -0.4 is 22.1 Å². The second-order valence-corrected chi connectivity index (χ2v) is 13.5. The van der Waals surface area contributed by atoms with Gasteiger partial charge in [0.15, 0.2) is 0 Å². The van der Waals surface area contributed by atoms with Crippen molar-refractivity contribution in [2.75, 3.05) is 39.3 Å². The van der Waals surface area contributed by atoms with E-state index in [0.717, 1.165) is 77.5 Å². The number of nitrogens with two attached hydrogens (primary N) is 2. The number of rotatable bonds is 7. The predicted octanol–water partition coefficient (Wildman–Crippen LogP) is 1.89. The summed E-state index contributed by atoms with van der Waals surface area (Å²) in [5.74, 6) is -0.475. The fourth-order valence-electron chi connectivity index (χ4n) is 8.31. The first-order valence-electron chi connectivity index (χ1n) is 16.1. The van der Waals surface area contributed by atoms with Crippen LogP contribution in [0, 0.1) is 17.3 Å². The fourth-order valence-corrected chi connectivity index (χ4v) is 8.31. The maximum absolute atomic E-state index is 15.5. The minimum absolute atomic E-state index is 0.0403. The molecule has 6 unspecified atom stereocenters. The summed E-state index contributed by atoms with van der Waals surface area (Å²) in [5, 5.41) is 6.26. The highest BCUT2D eigenvalue weighted by atomic mass is 19.1. The lowest BCUT2D eigenvalue weighted by Gasteiger charge is -2.46. The van der Waals surface area contributed by atoms with Crippen molar-refractivity contribution in [3.05, 3.63) is 0 Å². The van der Waals surface area contributed by atoms with Crippen LogP contribution in [0.15, 0.2) is 4.99 Å². The number of likely N-dealkylation sites (tertiary alicyclic amines) is 2. The summed E-state index contributed by atoms with van der Waals surface area (Å²) < 4.78 is 30.1. The number of carbonyl (C=O) groups excluding carboxylic acids is 2. The van der Waals surface area contributed by atoms with Gasteiger partial charge in [-0.2, -0.15) is 0 Å². The SMILES string of the molecule is NC(N)C(C(=O)NC1CNCC(F)C1N1CCC(CN2CCCC2=O)CC1)C1CC2(CCCCC2)CCC(F)/C=N\1. The van der Waals surface area contributed by atoms with E-state index in [1.165, 1.54) is 12.6 Å². The Morgan fingerprint density at radius 1 is 1.07 bits per heavy atom. The fraction of sp³-hybridized carbons (Fsp3) is 0.900. The number of hydrogen-bond donors (Lipinski definition) is 4. The number of hydrogen-bond acceptors (Lipinski definition) is 7. The summed E-state index contributed by atoms with van der Waals surface area (Å²) in [6.07, 6.45) is 8.84. The summed E-state index contributed by atoms with van der Waals surface area (Å²) >= 11 is 0. The van der Waals surface area contributed by atoms with E-state index in [1.54, 1.807) is 0 Å². The van der Waals surface area contributed by atoms with Crippen LogP contribution in [-0.2, 0) is 9.59 Å². The molecular formula is C30H51F2N7O2. The molecule has 3 saturated heterocycles. The van der Waals surface area contributed by atoms with Gasteiger partial charge in [-0.1, -0.05) is 19.3 Å². The number of amides is 2. The minimum Gasteiger partial charge on any atom is -0.350 e. The number of carbonyl (C=O) groups is 2. The number of nitrogens with zero attached hydrogens (tertiary/aromatic N) is 3. The molecule has 2 amide bonds. The van der Waals surface area contributed by atoms with Gasteiger partial charge in [0.25, 0.3) is 0 Å². The van der Waals surface area contributed by atoms with Gasteiger partial charge in [-0.05, 0) is 75.8 Å². The number of aliphatic imine (C=N–C) groups is 1. The third-order valence-electron chi connectivity index (χ3n) is 10.6. The molecule has 6 atom stereocenters. The van der Waals surface area contributed by atoms with Gasteiger partial charge >= 0.3 is 0 Å². The van der Waals surface area contributed by atoms with Crippen molar-refractivity contribution in [1.29, 1.82) is 0 Å². The first kappa shape index (κ1) is 30.8. The molecule has 5 rings (SSSR count). The van der Waals surface area contributed by atoms with Gasteiger partial charge in [-0.15, -0.1) is 0 Å². The van der Waals surface area contributed by atoms with Crippen LogP contribution in [0.25, 0.3) is 0 Å². The van der Waals surface area contributed by atoms with Crippen LogP contribution in [-0.4, -0.2) is 104 Å². The number of alkyl halides is 2. The van der Waals surface area contributed by atoms with E-state index >= 15 is 4.39 Å². The molecule has 232 valence electrons. The smallest absolute Gasteiger partial charge is 0.228 e. The Hall–Kier alpha value is -1.69. The van der Waals surface area contributed by atoms with Crippen LogP contribution in [0.4, 0.5) is 8.78 Å². The van der Waals surface area contributed by atoms with Crippen LogP contribution in [0.2, 0.25) is 0 Å². The summed E-state index contributed by atoms with van der Waals surface area (Å²) in [5.41, 5.74) is 12.4. The minimum atomic E-state index is -1.14. The average Bonchev–Trinajstić information content (AvgIpc) is 3.35. The van der Waals surface area contributed by atoms with Crippen molar-refractivity contribution in [3.63, 3.8) is 0 Å². The molecule has 0 aromatic rings. The van der Waals surface area contributed by atoms with Gasteiger partial charge in [-0.3, -0.25) is 19.5 Å². The third kappa shape index (κ3) is 7.46. The molecule has 11 heteroatoms. The summed E-state index contributed by atoms with van der Waals surface area (Å²) in [4.78, 5) is 34.7. The summed E-state index contributed by atoms with van der Waals surface area (Å²) in [6, 6.07) is -1.41. The molecule has 1 aliphatic carbocycles. The zero-order valence-electron chi connectivity index (χ0n) is 24.5. The van der Waals surface area contributed by atoms with Crippen LogP contribution in [0.1, 0.15) is 77.0 Å². The quantitative estimate of drug-likeness (QED) is 0.341. The maximum Gasteiger partial charge on any atom is 0.228 e. The zero-order chi connectivity index (χ0) is 29.0. The molecule has 4 heterocycles. The van der Waals surface area contributed by atoms with Crippen molar-refractivity contribution < 1.29 is 18.4 Å². The largest absolute Gasteiger partial charge is 0.350 e. The highest BCUT2D eigenvalue weighted by molar-refractivity contribution is 5.81. The van der Waals surface area contributed by atoms with Crippen molar-refractivity contribution in [2.24, 2.45) is 33.7 Å². The second kappa shape index (κ2) is 13.7. The molecule has 0 radical (unpaired) electrons. The molecule has 9 nitrogen and oxygen atoms in total. The molecule has 5 aliphatic rings. The molecule has 0 aromatic heterocycles. The monoisotopic (exact) mass is 579 g/mol. The van der Waals surface area contributed by atoms with Crippen LogP contribution in [0.5, 0.6) is 0 Å². The van der Waals surface area contributed by atoms with Gasteiger partial charge in [0.1, 0.15) is 12.3 Å². The molecule has 1 spiro atoms. The Morgan fingerprint density at radius 3 is 2.51 bits per heavy atom. The van der Waals surface area contributed by atoms with E-state index < -0.39 is 42.6 Å². The van der Waals surface area contributed by atoms with E-state index in [4.69, 9.17) is 11.5 Å². The normalized spacial score (nSPS) is 35.3. The Kier molecular flexibility index (Phi) is 10.3. The lowest BCUT2D eigenvalue weighted by molar-refractivity contribution is -0.128. The van der Waals surface area contributed by atoms with E-state index in [9.17, 15) is 14.0 Å². The van der Waals surface area contributed by atoms with E-state index in [-0.39, 0.29) is 23.8 Å². The van der Waals surface area contributed by atoms with Gasteiger partial charge in [-0.25, -0.2) is 8.78 Å². The second-order valence-electron chi connectivity index (χ2n) is 13.5. The lowest BCUT2D eigenvalue weighted by atomic mass is 9.65. The van der Waals surface area contributed by atoms with Crippen LogP contribution >= 0.6 is 0 Å². The molecule has 6 N–H and O–H groups in total. The van der Waals surface area contributed by atoms with Gasteiger partial charge in [0.05, 0.1) is 30.2 Å².